The van der Waals surface area contributed by atoms with Crippen LogP contribution < -0.4 is 5.73 Å². The van der Waals surface area contributed by atoms with Crippen molar-refractivity contribution < 1.29 is 4.74 Å². The van der Waals surface area contributed by atoms with E-state index in [1.807, 2.05) is 19.9 Å². The maximum atomic E-state index is 5.90. The Kier molecular flexibility index (Phi) is 3.08. The highest BCUT2D eigenvalue weighted by Gasteiger charge is 2.42. The van der Waals surface area contributed by atoms with Crippen molar-refractivity contribution in [3.05, 3.63) is 23.3 Å². The van der Waals surface area contributed by atoms with Crippen molar-refractivity contribution in [1.29, 1.82) is 0 Å². The highest BCUT2D eigenvalue weighted by Crippen LogP contribution is 2.43. The molecule has 1 aromatic rings. The van der Waals surface area contributed by atoms with Gasteiger partial charge in [-0.15, -0.1) is 0 Å². The highest BCUT2D eigenvalue weighted by atomic mass is 16.5. The fourth-order valence-electron chi connectivity index (χ4n) is 3.17. The Bertz CT molecular complexity index is 447. The lowest BCUT2D eigenvalue weighted by Crippen LogP contribution is -2.21. The third-order valence-corrected chi connectivity index (χ3v) is 3.89. The van der Waals surface area contributed by atoms with Crippen molar-refractivity contribution >= 4 is 0 Å². The van der Waals surface area contributed by atoms with Crippen LogP contribution in [0, 0.1) is 6.92 Å². The molecule has 2 fully saturated rings. The second kappa shape index (κ2) is 4.59. The van der Waals surface area contributed by atoms with E-state index >= 15 is 0 Å². The molecule has 0 amide bonds. The molecule has 2 saturated heterocycles. The van der Waals surface area contributed by atoms with Gasteiger partial charge in [0.2, 0.25) is 0 Å². The van der Waals surface area contributed by atoms with Gasteiger partial charge in [0.15, 0.2) is 0 Å². The summed E-state index contributed by atoms with van der Waals surface area (Å²) in [6.45, 7) is 4.04. The van der Waals surface area contributed by atoms with E-state index < -0.39 is 0 Å². The van der Waals surface area contributed by atoms with Crippen LogP contribution in [0.25, 0.3) is 0 Å². The Morgan fingerprint density at radius 3 is 2.89 bits per heavy atom. The molecule has 4 heteroatoms. The molecule has 18 heavy (non-hydrogen) atoms. The SMILES string of the molecule is Cc1cc(CC(C)N)nc(C2CC3CCC2O3)n1. The van der Waals surface area contributed by atoms with Gasteiger partial charge in [0, 0.05) is 29.8 Å². The fourth-order valence-corrected chi connectivity index (χ4v) is 3.17. The summed E-state index contributed by atoms with van der Waals surface area (Å²) in [5.41, 5.74) is 7.96. The molecule has 3 rings (SSSR count). The molecule has 0 aromatic carbocycles. The lowest BCUT2D eigenvalue weighted by molar-refractivity contribution is 0.0998. The minimum Gasteiger partial charge on any atom is -0.374 e. The molecule has 0 radical (unpaired) electrons. The van der Waals surface area contributed by atoms with Crippen LogP contribution in [0.1, 0.15) is 49.3 Å². The van der Waals surface area contributed by atoms with Gasteiger partial charge >= 0.3 is 0 Å². The molecule has 0 aliphatic carbocycles. The average Bonchev–Trinajstić information content (AvgIpc) is 2.88. The van der Waals surface area contributed by atoms with Gasteiger partial charge < -0.3 is 10.5 Å². The summed E-state index contributed by atoms with van der Waals surface area (Å²) >= 11 is 0. The van der Waals surface area contributed by atoms with E-state index in [2.05, 4.69) is 4.98 Å². The van der Waals surface area contributed by atoms with Crippen molar-refractivity contribution in [2.45, 2.75) is 63.7 Å². The first-order chi connectivity index (χ1) is 8.61. The largest absolute Gasteiger partial charge is 0.374 e. The summed E-state index contributed by atoms with van der Waals surface area (Å²) in [5, 5.41) is 0. The van der Waals surface area contributed by atoms with E-state index in [0.29, 0.717) is 18.1 Å². The third kappa shape index (κ3) is 2.27. The van der Waals surface area contributed by atoms with Crippen LogP contribution in [0.4, 0.5) is 0 Å². The van der Waals surface area contributed by atoms with Crippen molar-refractivity contribution in [2.75, 3.05) is 0 Å². The van der Waals surface area contributed by atoms with Gasteiger partial charge in [0.1, 0.15) is 5.82 Å². The molecule has 3 heterocycles. The number of ether oxygens (including phenoxy) is 1. The molecule has 2 aliphatic heterocycles. The Balaban J connectivity index is 1.85. The summed E-state index contributed by atoms with van der Waals surface area (Å²) in [5.74, 6) is 1.37. The Morgan fingerprint density at radius 2 is 2.28 bits per heavy atom. The molecule has 4 nitrogen and oxygen atoms in total. The van der Waals surface area contributed by atoms with E-state index in [-0.39, 0.29) is 6.04 Å². The van der Waals surface area contributed by atoms with Crippen LogP contribution in [0.2, 0.25) is 0 Å². The van der Waals surface area contributed by atoms with E-state index in [1.54, 1.807) is 0 Å². The van der Waals surface area contributed by atoms with Crippen LogP contribution in [-0.2, 0) is 11.2 Å². The zero-order valence-corrected chi connectivity index (χ0v) is 11.1. The second-order valence-corrected chi connectivity index (χ2v) is 5.76. The van der Waals surface area contributed by atoms with Crippen LogP contribution in [0.5, 0.6) is 0 Å². The first kappa shape index (κ1) is 12.1. The van der Waals surface area contributed by atoms with Crippen LogP contribution in [0.3, 0.4) is 0 Å². The zero-order valence-electron chi connectivity index (χ0n) is 11.1. The van der Waals surface area contributed by atoms with Gasteiger partial charge in [-0.1, -0.05) is 0 Å². The van der Waals surface area contributed by atoms with Crippen molar-refractivity contribution in [1.82, 2.24) is 9.97 Å². The zero-order chi connectivity index (χ0) is 12.7. The average molecular weight is 247 g/mol. The Labute approximate surface area is 108 Å². The topological polar surface area (TPSA) is 61.0 Å². The minimum absolute atomic E-state index is 0.142. The molecule has 2 bridgehead atoms. The van der Waals surface area contributed by atoms with Gasteiger partial charge in [-0.25, -0.2) is 9.97 Å². The molecule has 4 atom stereocenters. The number of nitrogens with zero attached hydrogens (tertiary/aromatic N) is 2. The molecule has 0 saturated carbocycles. The number of hydrogen-bond acceptors (Lipinski definition) is 4. The third-order valence-electron chi connectivity index (χ3n) is 3.89. The summed E-state index contributed by atoms with van der Waals surface area (Å²) in [6.07, 6.45) is 5.07. The number of aromatic nitrogens is 2. The Morgan fingerprint density at radius 1 is 1.44 bits per heavy atom. The Hall–Kier alpha value is -1.00. The van der Waals surface area contributed by atoms with Gasteiger partial charge in [0.25, 0.3) is 0 Å². The predicted molar refractivity (Wildman–Crippen MR) is 69.4 cm³/mol. The number of aryl methyl sites for hydroxylation is 1. The normalized spacial score (nSPS) is 31.8. The van der Waals surface area contributed by atoms with E-state index in [9.17, 15) is 0 Å². The molecule has 2 N–H and O–H groups in total. The summed E-state index contributed by atoms with van der Waals surface area (Å²) < 4.78 is 5.90. The lowest BCUT2D eigenvalue weighted by Gasteiger charge is -2.18. The van der Waals surface area contributed by atoms with E-state index in [1.165, 1.54) is 6.42 Å². The van der Waals surface area contributed by atoms with Crippen LogP contribution >= 0.6 is 0 Å². The first-order valence-electron chi connectivity index (χ1n) is 6.87. The number of rotatable bonds is 3. The second-order valence-electron chi connectivity index (χ2n) is 5.76. The van der Waals surface area contributed by atoms with Gasteiger partial charge in [-0.2, -0.15) is 0 Å². The maximum absolute atomic E-state index is 5.90. The molecular formula is C14H21N3O. The van der Waals surface area contributed by atoms with Crippen LogP contribution in [0.15, 0.2) is 6.07 Å². The maximum Gasteiger partial charge on any atom is 0.134 e. The van der Waals surface area contributed by atoms with Crippen molar-refractivity contribution in [2.24, 2.45) is 5.73 Å². The molecular weight excluding hydrogens is 226 g/mol. The fraction of sp³-hybridized carbons (Fsp3) is 0.714. The number of nitrogens with two attached hydrogens (primary N) is 1. The van der Waals surface area contributed by atoms with Crippen molar-refractivity contribution in [3.63, 3.8) is 0 Å². The highest BCUT2D eigenvalue weighted by molar-refractivity contribution is 5.16. The standard InChI is InChI=1S/C14H21N3O/c1-8(15)5-10-6-9(2)16-14(17-10)12-7-11-3-4-13(12)18-11/h6,8,11-13H,3-5,7,15H2,1-2H3. The predicted octanol–water partition coefficient (Wildman–Crippen LogP) is 1.71. The molecule has 98 valence electrons. The van der Waals surface area contributed by atoms with Gasteiger partial charge in [-0.3, -0.25) is 0 Å². The van der Waals surface area contributed by atoms with Gasteiger partial charge in [0.05, 0.1) is 12.2 Å². The van der Waals surface area contributed by atoms with E-state index in [0.717, 1.165) is 36.5 Å². The monoisotopic (exact) mass is 247 g/mol. The smallest absolute Gasteiger partial charge is 0.134 e. The first-order valence-corrected chi connectivity index (χ1v) is 6.87. The number of fused-ring (bicyclic) bond motifs is 2. The number of hydrogen-bond donors (Lipinski definition) is 1. The summed E-state index contributed by atoms with van der Waals surface area (Å²) in [7, 11) is 0. The summed E-state index contributed by atoms with van der Waals surface area (Å²) in [6, 6.07) is 2.18. The summed E-state index contributed by atoms with van der Waals surface area (Å²) in [4.78, 5) is 9.31. The van der Waals surface area contributed by atoms with Crippen molar-refractivity contribution in [3.8, 4) is 0 Å². The lowest BCUT2D eigenvalue weighted by atomic mass is 9.88. The minimum atomic E-state index is 0.142. The van der Waals surface area contributed by atoms with E-state index in [4.69, 9.17) is 15.5 Å². The molecule has 1 aromatic heterocycles. The molecule has 4 unspecified atom stereocenters. The molecule has 2 aliphatic rings. The quantitative estimate of drug-likeness (QED) is 0.883. The van der Waals surface area contributed by atoms with Crippen LogP contribution in [-0.4, -0.2) is 28.2 Å². The molecule has 0 spiro atoms. The van der Waals surface area contributed by atoms with Gasteiger partial charge in [-0.05, 0) is 39.2 Å².